The maximum absolute atomic E-state index is 11.6. The van der Waals surface area contributed by atoms with Gasteiger partial charge in [0, 0.05) is 17.1 Å². The summed E-state index contributed by atoms with van der Waals surface area (Å²) in [7, 11) is 0. The second-order valence-corrected chi connectivity index (χ2v) is 5.02. The van der Waals surface area contributed by atoms with E-state index in [4.69, 9.17) is 22.4 Å². The lowest BCUT2D eigenvalue weighted by molar-refractivity contribution is -0.137. The molecule has 0 saturated carbocycles. The summed E-state index contributed by atoms with van der Waals surface area (Å²) in [6, 6.07) is 6.92. The number of nitrogens with two attached hydrogens (primary N) is 1. The number of aliphatic carboxylic acids is 1. The molecule has 1 aromatic carbocycles. The molecule has 104 valence electrons. The highest BCUT2D eigenvalue weighted by atomic mass is 35.5. The Morgan fingerprint density at radius 1 is 1.47 bits per heavy atom. The molecular formula is C13H17ClN2O3. The number of hydrogen-bond donors (Lipinski definition) is 3. The Bertz CT molecular complexity index is 479. The standard InChI is InChI=1S/C13H17ClN2O3/c1-13(12(15)19,7-3-6-11(17)18)16-10-5-2-4-9(14)8-10/h2,4-5,8,16H,3,6-7H2,1H3,(H2,15,19)(H,17,18). The molecule has 6 heteroatoms. The zero-order valence-electron chi connectivity index (χ0n) is 10.6. The van der Waals surface area contributed by atoms with Gasteiger partial charge in [0.15, 0.2) is 0 Å². The van der Waals surface area contributed by atoms with Crippen molar-refractivity contribution in [3.05, 3.63) is 29.3 Å². The summed E-state index contributed by atoms with van der Waals surface area (Å²) in [4.78, 5) is 22.1. The number of anilines is 1. The van der Waals surface area contributed by atoms with Crippen molar-refractivity contribution in [2.24, 2.45) is 5.73 Å². The van der Waals surface area contributed by atoms with Crippen molar-refractivity contribution in [2.75, 3.05) is 5.32 Å². The number of primary amides is 1. The van der Waals surface area contributed by atoms with E-state index in [-0.39, 0.29) is 6.42 Å². The van der Waals surface area contributed by atoms with Gasteiger partial charge in [0.25, 0.3) is 0 Å². The van der Waals surface area contributed by atoms with Crippen molar-refractivity contribution >= 4 is 29.2 Å². The van der Waals surface area contributed by atoms with Gasteiger partial charge in [0.1, 0.15) is 5.54 Å². The highest BCUT2D eigenvalue weighted by Gasteiger charge is 2.30. The van der Waals surface area contributed by atoms with E-state index in [1.165, 1.54) is 0 Å². The SMILES string of the molecule is CC(CCCC(=O)O)(Nc1cccc(Cl)c1)C(N)=O. The summed E-state index contributed by atoms with van der Waals surface area (Å²) in [5.74, 6) is -1.42. The molecule has 1 amide bonds. The number of carboxylic acids is 1. The van der Waals surface area contributed by atoms with E-state index in [0.717, 1.165) is 0 Å². The number of halogens is 1. The minimum Gasteiger partial charge on any atom is -0.481 e. The first-order valence-electron chi connectivity index (χ1n) is 5.89. The first-order chi connectivity index (χ1) is 8.83. The van der Waals surface area contributed by atoms with Crippen LogP contribution in [0.15, 0.2) is 24.3 Å². The predicted molar refractivity (Wildman–Crippen MR) is 74.2 cm³/mol. The summed E-state index contributed by atoms with van der Waals surface area (Å²) in [6.07, 6.45) is 0.698. The molecule has 19 heavy (non-hydrogen) atoms. The summed E-state index contributed by atoms with van der Waals surface area (Å²) in [5, 5.41) is 12.2. The van der Waals surface area contributed by atoms with Crippen LogP contribution in [0.5, 0.6) is 0 Å². The van der Waals surface area contributed by atoms with Crippen molar-refractivity contribution in [1.82, 2.24) is 0 Å². The Labute approximate surface area is 116 Å². The van der Waals surface area contributed by atoms with Gasteiger partial charge in [-0.25, -0.2) is 0 Å². The van der Waals surface area contributed by atoms with Gasteiger partial charge < -0.3 is 16.2 Å². The molecule has 1 aromatic rings. The van der Waals surface area contributed by atoms with Crippen LogP contribution in [-0.4, -0.2) is 22.5 Å². The van der Waals surface area contributed by atoms with Crippen LogP contribution in [0.4, 0.5) is 5.69 Å². The molecule has 1 unspecified atom stereocenters. The minimum absolute atomic E-state index is 0.0000951. The Kier molecular flexibility index (Phi) is 5.18. The van der Waals surface area contributed by atoms with Gasteiger partial charge >= 0.3 is 5.97 Å². The fourth-order valence-corrected chi connectivity index (χ4v) is 1.92. The van der Waals surface area contributed by atoms with Crippen molar-refractivity contribution < 1.29 is 14.7 Å². The third-order valence-electron chi connectivity index (χ3n) is 2.86. The molecule has 1 atom stereocenters. The molecule has 1 rings (SSSR count). The highest BCUT2D eigenvalue weighted by molar-refractivity contribution is 6.30. The number of amides is 1. The van der Waals surface area contributed by atoms with Gasteiger partial charge in [0.2, 0.25) is 5.91 Å². The fourth-order valence-electron chi connectivity index (χ4n) is 1.73. The number of rotatable bonds is 7. The van der Waals surface area contributed by atoms with Gasteiger partial charge in [-0.15, -0.1) is 0 Å². The number of carbonyl (C=O) groups excluding carboxylic acids is 1. The maximum Gasteiger partial charge on any atom is 0.303 e. The van der Waals surface area contributed by atoms with E-state index < -0.39 is 17.4 Å². The smallest absolute Gasteiger partial charge is 0.303 e. The van der Waals surface area contributed by atoms with E-state index in [1.807, 2.05) is 0 Å². The number of carboxylic acid groups (broad SMARTS) is 1. The third kappa shape index (κ3) is 4.79. The van der Waals surface area contributed by atoms with Gasteiger partial charge in [-0.05, 0) is 38.0 Å². The van der Waals surface area contributed by atoms with Crippen LogP contribution in [0.2, 0.25) is 5.02 Å². The Balaban J connectivity index is 2.76. The second-order valence-electron chi connectivity index (χ2n) is 4.58. The fraction of sp³-hybridized carbons (Fsp3) is 0.385. The zero-order chi connectivity index (χ0) is 14.5. The molecule has 0 aliphatic carbocycles. The summed E-state index contributed by atoms with van der Waals surface area (Å²) >= 11 is 5.87. The van der Waals surface area contributed by atoms with Gasteiger partial charge in [-0.3, -0.25) is 9.59 Å². The summed E-state index contributed by atoms with van der Waals surface area (Å²) < 4.78 is 0. The molecule has 4 N–H and O–H groups in total. The lowest BCUT2D eigenvalue weighted by Crippen LogP contribution is -2.47. The largest absolute Gasteiger partial charge is 0.481 e. The zero-order valence-corrected chi connectivity index (χ0v) is 11.4. The number of carbonyl (C=O) groups is 2. The number of hydrogen-bond acceptors (Lipinski definition) is 3. The topological polar surface area (TPSA) is 92.4 Å². The molecule has 0 bridgehead atoms. The monoisotopic (exact) mass is 284 g/mol. The normalized spacial score (nSPS) is 13.6. The van der Waals surface area contributed by atoms with Crippen LogP contribution in [-0.2, 0) is 9.59 Å². The molecular weight excluding hydrogens is 268 g/mol. The first kappa shape index (κ1) is 15.3. The molecule has 0 radical (unpaired) electrons. The molecule has 0 aliphatic rings. The van der Waals surface area contributed by atoms with Crippen LogP contribution in [0.3, 0.4) is 0 Å². The molecule has 0 saturated heterocycles. The lowest BCUT2D eigenvalue weighted by Gasteiger charge is -2.28. The van der Waals surface area contributed by atoms with Gasteiger partial charge in [-0.1, -0.05) is 17.7 Å². The van der Waals surface area contributed by atoms with E-state index in [0.29, 0.717) is 23.6 Å². The molecule has 0 heterocycles. The van der Waals surface area contributed by atoms with Crippen LogP contribution in [0.25, 0.3) is 0 Å². The van der Waals surface area contributed by atoms with Crippen LogP contribution >= 0.6 is 11.6 Å². The van der Waals surface area contributed by atoms with Crippen LogP contribution in [0, 0.1) is 0 Å². The number of nitrogens with one attached hydrogen (secondary N) is 1. The molecule has 0 fully saturated rings. The maximum atomic E-state index is 11.6. The average Bonchev–Trinajstić information content (AvgIpc) is 2.28. The van der Waals surface area contributed by atoms with Crippen molar-refractivity contribution in [2.45, 2.75) is 31.7 Å². The quantitative estimate of drug-likeness (QED) is 0.716. The van der Waals surface area contributed by atoms with E-state index in [1.54, 1.807) is 31.2 Å². The van der Waals surface area contributed by atoms with Crippen LogP contribution in [0.1, 0.15) is 26.2 Å². The van der Waals surface area contributed by atoms with Crippen molar-refractivity contribution in [3.63, 3.8) is 0 Å². The van der Waals surface area contributed by atoms with Crippen molar-refractivity contribution in [3.8, 4) is 0 Å². The van der Waals surface area contributed by atoms with Crippen molar-refractivity contribution in [1.29, 1.82) is 0 Å². The summed E-state index contributed by atoms with van der Waals surface area (Å²) in [6.45, 7) is 1.65. The average molecular weight is 285 g/mol. The molecule has 0 aromatic heterocycles. The van der Waals surface area contributed by atoms with Gasteiger partial charge in [0.05, 0.1) is 0 Å². The van der Waals surface area contributed by atoms with Crippen LogP contribution < -0.4 is 11.1 Å². The second kappa shape index (κ2) is 6.43. The van der Waals surface area contributed by atoms with E-state index in [9.17, 15) is 9.59 Å². The van der Waals surface area contributed by atoms with Gasteiger partial charge in [-0.2, -0.15) is 0 Å². The van der Waals surface area contributed by atoms with E-state index >= 15 is 0 Å². The Hall–Kier alpha value is -1.75. The third-order valence-corrected chi connectivity index (χ3v) is 3.09. The summed E-state index contributed by atoms with van der Waals surface area (Å²) in [5.41, 5.74) is 5.06. The molecule has 0 aliphatic heterocycles. The number of benzene rings is 1. The molecule has 5 nitrogen and oxygen atoms in total. The Morgan fingerprint density at radius 3 is 2.68 bits per heavy atom. The first-order valence-corrected chi connectivity index (χ1v) is 6.27. The highest BCUT2D eigenvalue weighted by Crippen LogP contribution is 2.23. The molecule has 0 spiro atoms. The Morgan fingerprint density at radius 2 is 2.16 bits per heavy atom. The lowest BCUT2D eigenvalue weighted by atomic mass is 9.93. The minimum atomic E-state index is -1.000. The predicted octanol–water partition coefficient (Wildman–Crippen LogP) is 2.25. The van der Waals surface area contributed by atoms with E-state index in [2.05, 4.69) is 5.32 Å².